The Morgan fingerprint density at radius 3 is 2.43 bits per heavy atom. The van der Waals surface area contributed by atoms with E-state index in [1.54, 1.807) is 22.6 Å². The van der Waals surface area contributed by atoms with Gasteiger partial charge >= 0.3 is 6.61 Å². The molecule has 176 valence electrons. The lowest BCUT2D eigenvalue weighted by atomic mass is 10.2. The third-order valence-corrected chi connectivity index (χ3v) is 6.03. The predicted molar refractivity (Wildman–Crippen MR) is 129 cm³/mol. The molecule has 5 aromatic rings. The van der Waals surface area contributed by atoms with Crippen molar-refractivity contribution in [1.82, 2.24) is 19.2 Å². The standard InChI is InChI=1S/C24H17F2N5O3S/c25-22(26)34-17-12-10-15(11-13-17)27-20(32)14-35-24-29-28-23-30(16-6-2-1-3-7-16)21(33)18-8-4-5-9-19(18)31(23)24/h1-13,22H,14H2,(H,27,32). The van der Waals surface area contributed by atoms with Gasteiger partial charge < -0.3 is 10.1 Å². The maximum Gasteiger partial charge on any atom is 0.387 e. The molecule has 0 fully saturated rings. The summed E-state index contributed by atoms with van der Waals surface area (Å²) in [5.41, 5.74) is 1.49. The lowest BCUT2D eigenvalue weighted by molar-refractivity contribution is -0.113. The Kier molecular flexibility index (Phi) is 6.15. The number of carbonyl (C=O) groups excluding carboxylic acids is 1. The Hall–Kier alpha value is -4.25. The number of para-hydroxylation sites is 2. The molecule has 1 N–H and O–H groups in total. The fraction of sp³-hybridized carbons (Fsp3) is 0.0833. The van der Waals surface area contributed by atoms with Crippen LogP contribution in [0, 0.1) is 0 Å². The summed E-state index contributed by atoms with van der Waals surface area (Å²) in [6.45, 7) is -2.92. The molecule has 0 radical (unpaired) electrons. The number of benzene rings is 3. The highest BCUT2D eigenvalue weighted by Gasteiger charge is 2.18. The molecule has 8 nitrogen and oxygen atoms in total. The van der Waals surface area contributed by atoms with E-state index < -0.39 is 6.61 Å². The second kappa shape index (κ2) is 9.55. The van der Waals surface area contributed by atoms with E-state index in [9.17, 15) is 18.4 Å². The van der Waals surface area contributed by atoms with E-state index in [1.807, 2.05) is 36.4 Å². The zero-order valence-corrected chi connectivity index (χ0v) is 18.8. The molecule has 11 heteroatoms. The molecule has 5 rings (SSSR count). The number of alkyl halides is 2. The highest BCUT2D eigenvalue weighted by atomic mass is 32.2. The van der Waals surface area contributed by atoms with Gasteiger partial charge in [-0.25, -0.2) is 4.57 Å². The van der Waals surface area contributed by atoms with Gasteiger partial charge in [0.1, 0.15) is 5.75 Å². The van der Waals surface area contributed by atoms with Crippen molar-refractivity contribution in [3.8, 4) is 11.4 Å². The van der Waals surface area contributed by atoms with E-state index >= 15 is 0 Å². The molecule has 0 aliphatic heterocycles. The number of thioether (sulfide) groups is 1. The summed E-state index contributed by atoms with van der Waals surface area (Å²) in [5, 5.41) is 12.1. The molecule has 1 amide bonds. The lowest BCUT2D eigenvalue weighted by Gasteiger charge is -2.11. The first-order chi connectivity index (χ1) is 17.0. The van der Waals surface area contributed by atoms with Crippen LogP contribution in [0.3, 0.4) is 0 Å². The number of nitrogens with one attached hydrogen (secondary N) is 1. The Bertz CT molecular complexity index is 1570. The summed E-state index contributed by atoms with van der Waals surface area (Å²) in [7, 11) is 0. The fourth-order valence-corrected chi connectivity index (χ4v) is 4.37. The third-order valence-electron chi connectivity index (χ3n) is 5.10. The Morgan fingerprint density at radius 2 is 1.69 bits per heavy atom. The molecular formula is C24H17F2N5O3S. The van der Waals surface area contributed by atoms with Gasteiger partial charge in [-0.1, -0.05) is 42.1 Å². The van der Waals surface area contributed by atoms with E-state index in [1.165, 1.54) is 28.8 Å². The van der Waals surface area contributed by atoms with Crippen molar-refractivity contribution in [1.29, 1.82) is 0 Å². The number of rotatable bonds is 7. The maximum atomic E-state index is 13.3. The Morgan fingerprint density at radius 1 is 0.971 bits per heavy atom. The molecule has 0 atom stereocenters. The average molecular weight is 493 g/mol. The Balaban J connectivity index is 1.43. The van der Waals surface area contributed by atoms with Gasteiger partial charge in [-0.05, 0) is 48.5 Å². The zero-order valence-electron chi connectivity index (χ0n) is 18.0. The molecule has 0 aliphatic rings. The van der Waals surface area contributed by atoms with Crippen LogP contribution in [-0.4, -0.2) is 37.4 Å². The number of nitrogens with zero attached hydrogens (tertiary/aromatic N) is 4. The normalized spacial score (nSPS) is 11.3. The monoisotopic (exact) mass is 493 g/mol. The number of ether oxygens (including phenoxy) is 1. The molecular weight excluding hydrogens is 476 g/mol. The predicted octanol–water partition coefficient (Wildman–Crippen LogP) is 4.37. The average Bonchev–Trinajstić information content (AvgIpc) is 3.28. The smallest absolute Gasteiger partial charge is 0.387 e. The van der Waals surface area contributed by atoms with Gasteiger partial charge in [-0.15, -0.1) is 10.2 Å². The van der Waals surface area contributed by atoms with Gasteiger partial charge in [0.15, 0.2) is 5.16 Å². The molecule has 2 heterocycles. The van der Waals surface area contributed by atoms with Gasteiger partial charge in [0.2, 0.25) is 11.7 Å². The van der Waals surface area contributed by atoms with Crippen LogP contribution in [0.4, 0.5) is 14.5 Å². The molecule has 0 saturated carbocycles. The topological polar surface area (TPSA) is 90.5 Å². The van der Waals surface area contributed by atoms with Crippen molar-refractivity contribution >= 4 is 40.0 Å². The van der Waals surface area contributed by atoms with Crippen LogP contribution in [0.15, 0.2) is 88.8 Å². The summed E-state index contributed by atoms with van der Waals surface area (Å²) in [6, 6.07) is 21.9. The van der Waals surface area contributed by atoms with Crippen LogP contribution in [0.5, 0.6) is 5.75 Å². The second-order valence-electron chi connectivity index (χ2n) is 7.35. The number of aromatic nitrogens is 4. The van der Waals surface area contributed by atoms with Crippen molar-refractivity contribution in [2.75, 3.05) is 11.1 Å². The van der Waals surface area contributed by atoms with Crippen LogP contribution in [0.1, 0.15) is 0 Å². The minimum Gasteiger partial charge on any atom is -0.435 e. The molecule has 0 spiro atoms. The van der Waals surface area contributed by atoms with Crippen LogP contribution >= 0.6 is 11.8 Å². The lowest BCUT2D eigenvalue weighted by Crippen LogP contribution is -2.21. The van der Waals surface area contributed by atoms with Gasteiger partial charge in [0.25, 0.3) is 5.56 Å². The highest BCUT2D eigenvalue weighted by molar-refractivity contribution is 7.99. The number of halogens is 2. The summed E-state index contributed by atoms with van der Waals surface area (Å²) in [6.07, 6.45) is 0. The molecule has 0 aliphatic carbocycles. The second-order valence-corrected chi connectivity index (χ2v) is 8.29. The first kappa shape index (κ1) is 22.5. The quantitative estimate of drug-likeness (QED) is 0.339. The number of carbonyl (C=O) groups is 1. The summed E-state index contributed by atoms with van der Waals surface area (Å²) in [4.78, 5) is 25.8. The van der Waals surface area contributed by atoms with E-state index in [2.05, 4.69) is 20.3 Å². The fourth-order valence-electron chi connectivity index (χ4n) is 3.63. The van der Waals surface area contributed by atoms with Gasteiger partial charge in [0, 0.05) is 5.69 Å². The maximum absolute atomic E-state index is 13.3. The molecule has 3 aromatic carbocycles. The number of fused-ring (bicyclic) bond motifs is 3. The van der Waals surface area contributed by atoms with E-state index in [0.717, 1.165) is 11.8 Å². The molecule has 0 saturated heterocycles. The van der Waals surface area contributed by atoms with E-state index in [0.29, 0.717) is 33.2 Å². The number of anilines is 1. The van der Waals surface area contributed by atoms with Crippen LogP contribution < -0.4 is 15.6 Å². The van der Waals surface area contributed by atoms with Crippen LogP contribution in [0.25, 0.3) is 22.4 Å². The van der Waals surface area contributed by atoms with Crippen LogP contribution in [-0.2, 0) is 4.79 Å². The first-order valence-corrected chi connectivity index (χ1v) is 11.4. The Labute approximate surface area is 201 Å². The SMILES string of the molecule is O=C(CSc1nnc2n(-c3ccccc3)c(=O)c3ccccc3n12)Nc1ccc(OC(F)F)cc1. The largest absolute Gasteiger partial charge is 0.435 e. The zero-order chi connectivity index (χ0) is 24.4. The third kappa shape index (κ3) is 4.58. The minimum absolute atomic E-state index is 0.00126. The summed E-state index contributed by atoms with van der Waals surface area (Å²) in [5.74, 6) is 0.0144. The van der Waals surface area contributed by atoms with Gasteiger partial charge in [-0.3, -0.25) is 14.0 Å². The van der Waals surface area contributed by atoms with Crippen molar-refractivity contribution in [2.24, 2.45) is 0 Å². The first-order valence-electron chi connectivity index (χ1n) is 10.4. The number of amides is 1. The highest BCUT2D eigenvalue weighted by Crippen LogP contribution is 2.24. The van der Waals surface area contributed by atoms with Gasteiger partial charge in [0.05, 0.1) is 22.3 Å². The molecule has 35 heavy (non-hydrogen) atoms. The van der Waals surface area contributed by atoms with Crippen molar-refractivity contribution < 1.29 is 18.3 Å². The molecule has 2 aromatic heterocycles. The molecule has 0 unspecified atom stereocenters. The summed E-state index contributed by atoms with van der Waals surface area (Å²) >= 11 is 1.16. The van der Waals surface area contributed by atoms with Crippen molar-refractivity contribution in [3.05, 3.63) is 89.2 Å². The number of hydrogen-bond acceptors (Lipinski definition) is 6. The van der Waals surface area contributed by atoms with Gasteiger partial charge in [-0.2, -0.15) is 8.78 Å². The minimum atomic E-state index is -2.92. The summed E-state index contributed by atoms with van der Waals surface area (Å²) < 4.78 is 32.1. The van der Waals surface area contributed by atoms with Crippen molar-refractivity contribution in [2.45, 2.75) is 11.8 Å². The van der Waals surface area contributed by atoms with E-state index in [4.69, 9.17) is 0 Å². The van der Waals surface area contributed by atoms with Crippen LogP contribution in [0.2, 0.25) is 0 Å². The van der Waals surface area contributed by atoms with Crippen molar-refractivity contribution in [3.63, 3.8) is 0 Å². The number of hydrogen-bond donors (Lipinski definition) is 1. The molecule has 0 bridgehead atoms. The van der Waals surface area contributed by atoms with E-state index in [-0.39, 0.29) is 23.0 Å².